The standard InChI is InChI=1S/C29H54N4O3/c1-2-3-4-5-6-7-8-9-10-11-15-21-27(34)31-25(18-16-17-22-30)23-32-24-28(35)33(29(32)36)26-19-13-12-14-20-26/h25-26H,2-24,30H2,1H3,(H,31,34). The lowest BCUT2D eigenvalue weighted by molar-refractivity contribution is -0.127. The highest BCUT2D eigenvalue weighted by atomic mass is 16.2. The molecule has 2 rings (SSSR count). The van der Waals surface area contributed by atoms with Gasteiger partial charge in [0.15, 0.2) is 0 Å². The lowest BCUT2D eigenvalue weighted by Crippen LogP contribution is -2.46. The van der Waals surface area contributed by atoms with Crippen LogP contribution in [0.4, 0.5) is 4.79 Å². The molecule has 36 heavy (non-hydrogen) atoms. The molecule has 0 aromatic carbocycles. The number of rotatable bonds is 20. The van der Waals surface area contributed by atoms with Gasteiger partial charge in [0.25, 0.3) is 5.91 Å². The van der Waals surface area contributed by atoms with E-state index in [4.69, 9.17) is 5.73 Å². The molecule has 0 aromatic rings. The van der Waals surface area contributed by atoms with Crippen molar-refractivity contribution < 1.29 is 14.4 Å². The Labute approximate surface area is 220 Å². The van der Waals surface area contributed by atoms with Crippen molar-refractivity contribution in [3.8, 4) is 0 Å². The van der Waals surface area contributed by atoms with E-state index in [2.05, 4.69) is 12.2 Å². The van der Waals surface area contributed by atoms with Crippen molar-refractivity contribution in [1.82, 2.24) is 15.1 Å². The molecular formula is C29H54N4O3. The summed E-state index contributed by atoms with van der Waals surface area (Å²) in [7, 11) is 0. The molecule has 208 valence electrons. The minimum atomic E-state index is -0.171. The molecule has 1 atom stereocenters. The number of carbonyl (C=O) groups is 3. The molecule has 1 saturated heterocycles. The number of nitrogens with zero attached hydrogens (tertiary/aromatic N) is 2. The third kappa shape index (κ3) is 11.6. The molecule has 0 bridgehead atoms. The van der Waals surface area contributed by atoms with Crippen LogP contribution in [0.15, 0.2) is 0 Å². The monoisotopic (exact) mass is 506 g/mol. The smallest absolute Gasteiger partial charge is 0.327 e. The molecule has 3 N–H and O–H groups in total. The van der Waals surface area contributed by atoms with Crippen molar-refractivity contribution in [3.63, 3.8) is 0 Å². The zero-order valence-corrected chi connectivity index (χ0v) is 23.1. The fourth-order valence-corrected chi connectivity index (χ4v) is 5.67. The predicted molar refractivity (Wildman–Crippen MR) is 147 cm³/mol. The molecular weight excluding hydrogens is 452 g/mol. The van der Waals surface area contributed by atoms with Crippen LogP contribution >= 0.6 is 0 Å². The molecule has 1 heterocycles. The first-order chi connectivity index (χ1) is 17.6. The van der Waals surface area contributed by atoms with E-state index in [0.717, 1.165) is 57.8 Å². The molecule has 1 unspecified atom stereocenters. The molecule has 0 spiro atoms. The molecule has 7 heteroatoms. The first-order valence-corrected chi connectivity index (χ1v) is 15.2. The fraction of sp³-hybridized carbons (Fsp3) is 0.897. The maximum atomic E-state index is 13.0. The molecule has 0 aromatic heterocycles. The van der Waals surface area contributed by atoms with E-state index >= 15 is 0 Å². The number of hydrogen-bond donors (Lipinski definition) is 2. The number of urea groups is 1. The van der Waals surface area contributed by atoms with Crippen molar-refractivity contribution in [2.45, 2.75) is 147 Å². The lowest BCUT2D eigenvalue weighted by Gasteiger charge is -2.30. The van der Waals surface area contributed by atoms with Gasteiger partial charge in [-0.1, -0.05) is 96.8 Å². The quantitative estimate of drug-likeness (QED) is 0.159. The van der Waals surface area contributed by atoms with Crippen LogP contribution in [-0.2, 0) is 9.59 Å². The van der Waals surface area contributed by atoms with Crippen molar-refractivity contribution in [3.05, 3.63) is 0 Å². The average molecular weight is 507 g/mol. The van der Waals surface area contributed by atoms with Gasteiger partial charge in [0, 0.05) is 25.0 Å². The SMILES string of the molecule is CCCCCCCCCCCCCC(=O)NC(CCCCN)CN1CC(=O)N(C2CCCCC2)C1=O. The van der Waals surface area contributed by atoms with Gasteiger partial charge in [-0.15, -0.1) is 0 Å². The number of unbranched alkanes of at least 4 members (excludes halogenated alkanes) is 11. The van der Waals surface area contributed by atoms with Crippen molar-refractivity contribution in [2.75, 3.05) is 19.6 Å². The van der Waals surface area contributed by atoms with E-state index in [0.29, 0.717) is 19.5 Å². The predicted octanol–water partition coefficient (Wildman–Crippen LogP) is 5.90. The van der Waals surface area contributed by atoms with Crippen molar-refractivity contribution >= 4 is 17.8 Å². The minimum absolute atomic E-state index is 0.0510. The molecule has 2 aliphatic rings. The summed E-state index contributed by atoms with van der Waals surface area (Å²) in [5.41, 5.74) is 5.67. The van der Waals surface area contributed by atoms with Crippen molar-refractivity contribution in [2.24, 2.45) is 5.73 Å². The Balaban J connectivity index is 1.68. The summed E-state index contributed by atoms with van der Waals surface area (Å²) in [5, 5.41) is 3.16. The van der Waals surface area contributed by atoms with Crippen LogP contribution in [0.25, 0.3) is 0 Å². The summed E-state index contributed by atoms with van der Waals surface area (Å²) >= 11 is 0. The van der Waals surface area contributed by atoms with Gasteiger partial charge in [0.05, 0.1) is 0 Å². The van der Waals surface area contributed by atoms with E-state index in [1.54, 1.807) is 4.90 Å². The van der Waals surface area contributed by atoms with Gasteiger partial charge >= 0.3 is 6.03 Å². The van der Waals surface area contributed by atoms with Gasteiger partial charge in [-0.25, -0.2) is 4.79 Å². The molecule has 1 saturated carbocycles. The molecule has 0 radical (unpaired) electrons. The molecule has 1 aliphatic heterocycles. The first kappa shape index (κ1) is 30.6. The summed E-state index contributed by atoms with van der Waals surface area (Å²) in [4.78, 5) is 41.5. The Kier molecular flexibility index (Phi) is 15.8. The van der Waals surface area contributed by atoms with E-state index in [-0.39, 0.29) is 36.5 Å². The summed E-state index contributed by atoms with van der Waals surface area (Å²) in [6.07, 6.45) is 22.2. The van der Waals surface area contributed by atoms with E-state index < -0.39 is 0 Å². The fourth-order valence-electron chi connectivity index (χ4n) is 5.67. The largest absolute Gasteiger partial charge is 0.352 e. The van der Waals surface area contributed by atoms with Gasteiger partial charge in [-0.2, -0.15) is 0 Å². The second kappa shape index (κ2) is 18.6. The number of hydrogen-bond acceptors (Lipinski definition) is 4. The van der Waals surface area contributed by atoms with Crippen LogP contribution in [0.1, 0.15) is 135 Å². The molecule has 2 fully saturated rings. The summed E-state index contributed by atoms with van der Waals surface area (Å²) in [5.74, 6) is -0.0225. The van der Waals surface area contributed by atoms with Crippen LogP contribution < -0.4 is 11.1 Å². The molecule has 7 nitrogen and oxygen atoms in total. The number of carbonyl (C=O) groups excluding carboxylic acids is 3. The topological polar surface area (TPSA) is 95.7 Å². The highest BCUT2D eigenvalue weighted by molar-refractivity contribution is 6.02. The highest BCUT2D eigenvalue weighted by Gasteiger charge is 2.41. The second-order valence-corrected chi connectivity index (χ2v) is 11.1. The van der Waals surface area contributed by atoms with Gasteiger partial charge in [0.1, 0.15) is 6.54 Å². The van der Waals surface area contributed by atoms with E-state index in [9.17, 15) is 14.4 Å². The minimum Gasteiger partial charge on any atom is -0.352 e. The van der Waals surface area contributed by atoms with Gasteiger partial charge in [-0.05, 0) is 38.6 Å². The Hall–Kier alpha value is -1.63. The van der Waals surface area contributed by atoms with Gasteiger partial charge in [0.2, 0.25) is 5.91 Å². The van der Waals surface area contributed by atoms with Crippen LogP contribution in [0.3, 0.4) is 0 Å². The van der Waals surface area contributed by atoms with Crippen molar-refractivity contribution in [1.29, 1.82) is 0 Å². The van der Waals surface area contributed by atoms with E-state index in [1.165, 1.54) is 69.1 Å². The maximum Gasteiger partial charge on any atom is 0.327 e. The Bertz CT molecular complexity index is 636. The lowest BCUT2D eigenvalue weighted by atomic mass is 9.94. The maximum absolute atomic E-state index is 13.0. The molecule has 1 aliphatic carbocycles. The van der Waals surface area contributed by atoms with Crippen LogP contribution in [0.2, 0.25) is 0 Å². The van der Waals surface area contributed by atoms with Gasteiger partial charge in [-0.3, -0.25) is 14.5 Å². The Morgan fingerprint density at radius 3 is 2.11 bits per heavy atom. The number of nitrogens with two attached hydrogens (primary N) is 1. The number of amides is 4. The molecule has 4 amide bonds. The second-order valence-electron chi connectivity index (χ2n) is 11.1. The average Bonchev–Trinajstić information content (AvgIpc) is 3.15. The Morgan fingerprint density at radius 2 is 1.50 bits per heavy atom. The highest BCUT2D eigenvalue weighted by Crippen LogP contribution is 2.26. The first-order valence-electron chi connectivity index (χ1n) is 15.2. The summed E-state index contributed by atoms with van der Waals surface area (Å²) in [6.45, 7) is 3.42. The van der Waals surface area contributed by atoms with Gasteiger partial charge < -0.3 is 16.0 Å². The summed E-state index contributed by atoms with van der Waals surface area (Å²) in [6, 6.07) is -0.245. The zero-order chi connectivity index (χ0) is 26.0. The third-order valence-corrected chi connectivity index (χ3v) is 7.83. The summed E-state index contributed by atoms with van der Waals surface area (Å²) < 4.78 is 0. The van der Waals surface area contributed by atoms with Crippen LogP contribution in [0, 0.1) is 0 Å². The van der Waals surface area contributed by atoms with Crippen LogP contribution in [0.5, 0.6) is 0 Å². The zero-order valence-electron chi connectivity index (χ0n) is 23.1. The number of imide groups is 1. The van der Waals surface area contributed by atoms with E-state index in [1.807, 2.05) is 0 Å². The normalized spacial score (nSPS) is 17.7. The Morgan fingerprint density at radius 1 is 0.889 bits per heavy atom. The van der Waals surface area contributed by atoms with Crippen LogP contribution in [-0.4, -0.2) is 59.4 Å². The third-order valence-electron chi connectivity index (χ3n) is 7.83. The number of nitrogens with one attached hydrogen (secondary N) is 1.